The third-order valence-corrected chi connectivity index (χ3v) is 8.38. The molecular formula is C27H38N2O6S. The number of benzene rings is 2. The fourth-order valence-corrected chi connectivity index (χ4v) is 5.81. The predicted molar refractivity (Wildman–Crippen MR) is 138 cm³/mol. The fraction of sp³-hybridized carbons (Fsp3) is 0.519. The molecule has 0 spiro atoms. The summed E-state index contributed by atoms with van der Waals surface area (Å²) in [7, 11) is -3.88. The molecule has 2 aromatic carbocycles. The van der Waals surface area contributed by atoms with E-state index in [1.54, 1.807) is 26.0 Å². The Morgan fingerprint density at radius 3 is 2.33 bits per heavy atom. The molecule has 3 rings (SSSR count). The van der Waals surface area contributed by atoms with Gasteiger partial charge in [-0.3, -0.25) is 0 Å². The molecule has 1 aliphatic rings. The number of carbonyl (C=O) groups is 1. The van der Waals surface area contributed by atoms with Crippen molar-refractivity contribution in [2.75, 3.05) is 19.8 Å². The van der Waals surface area contributed by atoms with Gasteiger partial charge in [-0.25, -0.2) is 13.2 Å². The van der Waals surface area contributed by atoms with Crippen molar-refractivity contribution in [2.45, 2.75) is 75.6 Å². The Morgan fingerprint density at radius 2 is 1.78 bits per heavy atom. The number of nitrogens with one attached hydrogen (secondary N) is 1. The summed E-state index contributed by atoms with van der Waals surface area (Å²) in [6, 6.07) is 15.1. The molecule has 1 amide bonds. The Balaban J connectivity index is 1.79. The van der Waals surface area contributed by atoms with Crippen LogP contribution in [0.5, 0.6) is 0 Å². The van der Waals surface area contributed by atoms with Crippen LogP contribution in [-0.4, -0.2) is 68.0 Å². The van der Waals surface area contributed by atoms with Crippen LogP contribution in [-0.2, 0) is 25.9 Å². The van der Waals surface area contributed by atoms with E-state index in [2.05, 4.69) is 5.32 Å². The van der Waals surface area contributed by atoms with Crippen LogP contribution in [0.1, 0.15) is 51.2 Å². The molecule has 198 valence electrons. The van der Waals surface area contributed by atoms with Crippen LogP contribution in [0.2, 0.25) is 0 Å². The first-order valence-corrected chi connectivity index (χ1v) is 13.9. The van der Waals surface area contributed by atoms with Gasteiger partial charge in [0.15, 0.2) is 0 Å². The topological polar surface area (TPSA) is 105 Å². The van der Waals surface area contributed by atoms with E-state index in [4.69, 9.17) is 9.47 Å². The lowest BCUT2D eigenvalue weighted by molar-refractivity contribution is 0.0634. The summed E-state index contributed by atoms with van der Waals surface area (Å²) in [4.78, 5) is 12.8. The van der Waals surface area contributed by atoms with Crippen molar-refractivity contribution < 1.29 is 27.8 Å². The Bertz CT molecular complexity index is 1070. The molecule has 0 radical (unpaired) electrons. The zero-order chi connectivity index (χ0) is 26.3. The van der Waals surface area contributed by atoms with Crippen molar-refractivity contribution >= 4 is 16.1 Å². The van der Waals surface area contributed by atoms with E-state index in [0.29, 0.717) is 26.1 Å². The van der Waals surface area contributed by atoms with Gasteiger partial charge < -0.3 is 19.9 Å². The van der Waals surface area contributed by atoms with Crippen LogP contribution in [0.4, 0.5) is 4.79 Å². The first-order chi connectivity index (χ1) is 17.1. The first kappa shape index (κ1) is 28.1. The molecule has 1 heterocycles. The number of aliphatic hydroxyl groups is 1. The van der Waals surface area contributed by atoms with E-state index in [1.807, 2.05) is 56.3 Å². The van der Waals surface area contributed by atoms with Gasteiger partial charge in [0.2, 0.25) is 10.0 Å². The van der Waals surface area contributed by atoms with Crippen LogP contribution in [0.3, 0.4) is 0 Å². The number of rotatable bonds is 11. The van der Waals surface area contributed by atoms with E-state index >= 15 is 0 Å². The Morgan fingerprint density at radius 1 is 1.11 bits per heavy atom. The summed E-state index contributed by atoms with van der Waals surface area (Å²) in [5, 5.41) is 14.0. The van der Waals surface area contributed by atoms with Crippen molar-refractivity contribution in [3.05, 3.63) is 65.7 Å². The van der Waals surface area contributed by atoms with Crippen LogP contribution in [0, 0.1) is 0 Å². The molecule has 1 saturated heterocycles. The molecule has 0 bridgehead atoms. The second-order valence-corrected chi connectivity index (χ2v) is 11.7. The Hall–Kier alpha value is -2.46. The van der Waals surface area contributed by atoms with Crippen LogP contribution < -0.4 is 5.32 Å². The highest BCUT2D eigenvalue weighted by molar-refractivity contribution is 7.89. The summed E-state index contributed by atoms with van der Waals surface area (Å²) in [6.45, 7) is 8.31. The standard InChI is InChI=1S/C27H38N2O6S/c1-19(2)22-10-12-24(13-11-22)36(32,33)29(20(3)4)17-26(30)25(16-21-8-6-5-7-9-21)28-27(31)35-23-14-15-34-18-23/h5-13,19-20,23,25-26,30H,14-18H2,1-4H3,(H,28,31)/t23?,25-,26+/m0/s1. The van der Waals surface area contributed by atoms with E-state index in [9.17, 15) is 18.3 Å². The number of hydrogen-bond donors (Lipinski definition) is 2. The monoisotopic (exact) mass is 518 g/mol. The zero-order valence-corrected chi connectivity index (χ0v) is 22.3. The van der Waals surface area contributed by atoms with Gasteiger partial charge in [0.05, 0.1) is 30.3 Å². The van der Waals surface area contributed by atoms with Crippen molar-refractivity contribution in [3.8, 4) is 0 Å². The van der Waals surface area contributed by atoms with E-state index in [-0.39, 0.29) is 23.5 Å². The number of sulfonamides is 1. The summed E-state index contributed by atoms with van der Waals surface area (Å²) < 4.78 is 39.0. The third kappa shape index (κ3) is 7.52. The lowest BCUT2D eigenvalue weighted by Crippen LogP contribution is -2.52. The molecule has 1 aliphatic heterocycles. The SMILES string of the molecule is CC(C)c1ccc(S(=O)(=O)N(C[C@@H](O)[C@H](Cc2ccccc2)NC(=O)OC2CCOC2)C(C)C)cc1. The minimum Gasteiger partial charge on any atom is -0.444 e. The zero-order valence-electron chi connectivity index (χ0n) is 21.5. The molecular weight excluding hydrogens is 480 g/mol. The largest absolute Gasteiger partial charge is 0.444 e. The lowest BCUT2D eigenvalue weighted by atomic mass is 10.0. The summed E-state index contributed by atoms with van der Waals surface area (Å²) in [6.07, 6.45) is -1.24. The second kappa shape index (κ2) is 12.7. The number of amides is 1. The van der Waals surface area contributed by atoms with Crippen molar-refractivity contribution in [1.29, 1.82) is 0 Å². The van der Waals surface area contributed by atoms with Gasteiger partial charge in [0.25, 0.3) is 0 Å². The van der Waals surface area contributed by atoms with Crippen molar-refractivity contribution in [2.24, 2.45) is 0 Å². The van der Waals surface area contributed by atoms with E-state index in [1.165, 1.54) is 4.31 Å². The minimum absolute atomic E-state index is 0.168. The maximum absolute atomic E-state index is 13.5. The van der Waals surface area contributed by atoms with Crippen molar-refractivity contribution in [3.63, 3.8) is 0 Å². The third-order valence-electron chi connectivity index (χ3n) is 6.32. The summed E-state index contributed by atoms with van der Waals surface area (Å²) in [5.74, 6) is 0.283. The Kier molecular flexibility index (Phi) is 9.90. The van der Waals surface area contributed by atoms with Gasteiger partial charge >= 0.3 is 6.09 Å². The van der Waals surface area contributed by atoms with Gasteiger partial charge in [0, 0.05) is 19.0 Å². The highest BCUT2D eigenvalue weighted by atomic mass is 32.2. The average molecular weight is 519 g/mol. The number of alkyl carbamates (subject to hydrolysis) is 1. The highest BCUT2D eigenvalue weighted by Crippen LogP contribution is 2.23. The smallest absolute Gasteiger partial charge is 0.407 e. The van der Waals surface area contributed by atoms with Gasteiger partial charge in [-0.1, -0.05) is 56.3 Å². The van der Waals surface area contributed by atoms with Crippen molar-refractivity contribution in [1.82, 2.24) is 9.62 Å². The molecule has 1 fully saturated rings. The van der Waals surface area contributed by atoms with E-state index in [0.717, 1.165) is 11.1 Å². The minimum atomic E-state index is -3.88. The second-order valence-electron chi connectivity index (χ2n) is 9.79. The Labute approximate surface area is 214 Å². The summed E-state index contributed by atoms with van der Waals surface area (Å²) in [5.41, 5.74) is 1.94. The normalized spacial score (nSPS) is 17.9. The average Bonchev–Trinajstić information content (AvgIpc) is 3.35. The fourth-order valence-electron chi connectivity index (χ4n) is 4.15. The molecule has 3 atom stereocenters. The first-order valence-electron chi connectivity index (χ1n) is 12.5. The quantitative estimate of drug-likeness (QED) is 0.470. The van der Waals surface area contributed by atoms with Crippen LogP contribution in [0.15, 0.2) is 59.5 Å². The molecule has 2 N–H and O–H groups in total. The maximum Gasteiger partial charge on any atom is 0.407 e. The molecule has 1 unspecified atom stereocenters. The lowest BCUT2D eigenvalue weighted by Gasteiger charge is -2.32. The molecule has 0 aliphatic carbocycles. The predicted octanol–water partition coefficient (Wildman–Crippen LogP) is 3.70. The van der Waals surface area contributed by atoms with Gasteiger partial charge in [-0.05, 0) is 49.4 Å². The number of carbonyl (C=O) groups excluding carboxylic acids is 1. The van der Waals surface area contributed by atoms with E-state index < -0.39 is 34.3 Å². The summed E-state index contributed by atoms with van der Waals surface area (Å²) >= 11 is 0. The molecule has 0 aromatic heterocycles. The number of hydrogen-bond acceptors (Lipinski definition) is 6. The number of nitrogens with zero attached hydrogens (tertiary/aromatic N) is 1. The molecule has 0 saturated carbocycles. The molecule has 2 aromatic rings. The number of ether oxygens (including phenoxy) is 2. The van der Waals surface area contributed by atoms with Gasteiger partial charge in [-0.2, -0.15) is 4.31 Å². The van der Waals surface area contributed by atoms with Crippen LogP contribution >= 0.6 is 0 Å². The molecule has 9 heteroatoms. The van der Waals surface area contributed by atoms with Gasteiger partial charge in [0.1, 0.15) is 6.10 Å². The van der Waals surface area contributed by atoms with Gasteiger partial charge in [-0.15, -0.1) is 0 Å². The number of aliphatic hydroxyl groups excluding tert-OH is 1. The molecule has 8 nitrogen and oxygen atoms in total. The maximum atomic E-state index is 13.5. The highest BCUT2D eigenvalue weighted by Gasteiger charge is 2.33. The van der Waals surface area contributed by atoms with Crippen LogP contribution in [0.25, 0.3) is 0 Å². The molecule has 36 heavy (non-hydrogen) atoms.